The number of likely N-dealkylation sites (tertiary alicyclic amines) is 1. The van der Waals surface area contributed by atoms with Crippen LogP contribution in [0.5, 0.6) is 0 Å². The van der Waals surface area contributed by atoms with E-state index in [1.165, 1.54) is 37.0 Å². The summed E-state index contributed by atoms with van der Waals surface area (Å²) in [4.78, 5) is 14.2. The number of hydrogen-bond donors (Lipinski definition) is 1. The van der Waals surface area contributed by atoms with Gasteiger partial charge in [0.1, 0.15) is 16.4 Å². The van der Waals surface area contributed by atoms with Crippen LogP contribution in [0.25, 0.3) is 21.8 Å². The Balaban J connectivity index is 1.45. The minimum absolute atomic E-state index is 0.543. The molecule has 142 valence electrons. The van der Waals surface area contributed by atoms with Gasteiger partial charge in [0.05, 0.1) is 5.39 Å². The molecular weight excluding hydrogens is 356 g/mol. The average molecular weight is 383 g/mol. The van der Waals surface area contributed by atoms with Gasteiger partial charge in [-0.25, -0.2) is 9.97 Å². The van der Waals surface area contributed by atoms with Crippen molar-refractivity contribution in [2.45, 2.75) is 70.5 Å². The summed E-state index contributed by atoms with van der Waals surface area (Å²) in [5.41, 5.74) is 6.27. The van der Waals surface area contributed by atoms with Gasteiger partial charge in [-0.15, -0.1) is 11.3 Å². The predicted molar refractivity (Wildman–Crippen MR) is 110 cm³/mol. The number of aromatic nitrogens is 2. The van der Waals surface area contributed by atoms with E-state index in [1.54, 1.807) is 11.3 Å². The van der Waals surface area contributed by atoms with Crippen molar-refractivity contribution in [3.63, 3.8) is 0 Å². The Morgan fingerprint density at radius 1 is 1.15 bits per heavy atom. The van der Waals surface area contributed by atoms with Gasteiger partial charge in [-0.2, -0.15) is 0 Å². The second-order valence-electron chi connectivity index (χ2n) is 8.14. The molecule has 4 heterocycles. The standard InChI is InChI=1S/C21H26N4OS/c1-12-4-3-5-13(2)25(12)11-15-10-16-19(22)23-20(24-21(16)27-15)18-9-8-17(26-18)14-6-7-14/h8-10,12-14H,3-7,11H2,1-2H3,(H2,22,23,24)/t12-,13?/m1/s1. The number of nitrogens with two attached hydrogens (primary N) is 1. The van der Waals surface area contributed by atoms with E-state index in [1.807, 2.05) is 6.07 Å². The van der Waals surface area contributed by atoms with Crippen molar-refractivity contribution in [1.82, 2.24) is 14.9 Å². The van der Waals surface area contributed by atoms with Crippen LogP contribution in [0, 0.1) is 0 Å². The van der Waals surface area contributed by atoms with Crippen LogP contribution in [0.3, 0.4) is 0 Å². The number of rotatable bonds is 4. The van der Waals surface area contributed by atoms with E-state index < -0.39 is 0 Å². The van der Waals surface area contributed by atoms with Gasteiger partial charge < -0.3 is 10.2 Å². The number of piperidine rings is 1. The fourth-order valence-electron chi connectivity index (χ4n) is 4.21. The third-order valence-electron chi connectivity index (χ3n) is 6.01. The number of fused-ring (bicyclic) bond motifs is 1. The smallest absolute Gasteiger partial charge is 0.199 e. The van der Waals surface area contributed by atoms with Crippen molar-refractivity contribution >= 4 is 27.4 Å². The second-order valence-corrected chi connectivity index (χ2v) is 9.26. The van der Waals surface area contributed by atoms with Crippen molar-refractivity contribution in [2.24, 2.45) is 0 Å². The minimum atomic E-state index is 0.543. The van der Waals surface area contributed by atoms with Crippen molar-refractivity contribution < 1.29 is 4.42 Å². The van der Waals surface area contributed by atoms with Crippen LogP contribution >= 0.6 is 11.3 Å². The van der Waals surface area contributed by atoms with Crippen LogP contribution in [0.4, 0.5) is 5.82 Å². The zero-order valence-corrected chi connectivity index (χ0v) is 16.8. The third kappa shape index (κ3) is 3.25. The monoisotopic (exact) mass is 382 g/mol. The maximum Gasteiger partial charge on any atom is 0.199 e. The van der Waals surface area contributed by atoms with Gasteiger partial charge in [0.25, 0.3) is 0 Å². The molecule has 0 radical (unpaired) electrons. The van der Waals surface area contributed by atoms with Gasteiger partial charge in [0.15, 0.2) is 11.6 Å². The molecule has 27 heavy (non-hydrogen) atoms. The first kappa shape index (κ1) is 17.2. The molecule has 1 unspecified atom stereocenters. The molecule has 5 nitrogen and oxygen atoms in total. The molecule has 0 amide bonds. The normalized spacial score (nSPS) is 23.9. The molecule has 3 aromatic rings. The molecule has 1 saturated heterocycles. The fraction of sp³-hybridized carbons (Fsp3) is 0.524. The van der Waals surface area contributed by atoms with Gasteiger partial charge >= 0.3 is 0 Å². The minimum Gasteiger partial charge on any atom is -0.457 e. The SMILES string of the molecule is CC1CCC[C@@H](C)N1Cc1cc2c(N)nc(-c3ccc(C4CC4)o3)nc2s1. The number of thiophene rings is 1. The number of anilines is 1. The lowest BCUT2D eigenvalue weighted by Crippen LogP contribution is -2.42. The first-order chi connectivity index (χ1) is 13.1. The second kappa shape index (κ2) is 6.60. The molecule has 3 aromatic heterocycles. The summed E-state index contributed by atoms with van der Waals surface area (Å²) in [5.74, 6) is 3.49. The lowest BCUT2D eigenvalue weighted by molar-refractivity contribution is 0.0965. The van der Waals surface area contributed by atoms with Crippen molar-refractivity contribution in [3.8, 4) is 11.6 Å². The lowest BCUT2D eigenvalue weighted by atomic mass is 9.97. The quantitative estimate of drug-likeness (QED) is 0.674. The lowest BCUT2D eigenvalue weighted by Gasteiger charge is -2.38. The molecular formula is C21H26N4OS. The molecule has 1 aliphatic heterocycles. The number of nitrogen functional groups attached to an aromatic ring is 1. The Morgan fingerprint density at radius 2 is 1.93 bits per heavy atom. The summed E-state index contributed by atoms with van der Waals surface area (Å²) in [6.07, 6.45) is 6.33. The maximum atomic E-state index is 6.27. The van der Waals surface area contributed by atoms with E-state index in [4.69, 9.17) is 15.1 Å². The molecule has 1 aliphatic carbocycles. The molecule has 0 spiro atoms. The predicted octanol–water partition coefficient (Wildman–Crippen LogP) is 5.17. The summed E-state index contributed by atoms with van der Waals surface area (Å²) in [7, 11) is 0. The van der Waals surface area contributed by atoms with E-state index >= 15 is 0 Å². The Morgan fingerprint density at radius 3 is 2.67 bits per heavy atom. The Bertz CT molecular complexity index is 964. The van der Waals surface area contributed by atoms with Crippen LogP contribution in [0.1, 0.15) is 62.5 Å². The molecule has 0 aromatic carbocycles. The summed E-state index contributed by atoms with van der Waals surface area (Å²) in [6, 6.07) is 7.45. The third-order valence-corrected chi connectivity index (χ3v) is 7.03. The van der Waals surface area contributed by atoms with Gasteiger partial charge in [-0.05, 0) is 57.7 Å². The van der Waals surface area contributed by atoms with Gasteiger partial charge in [0, 0.05) is 29.4 Å². The molecule has 2 fully saturated rings. The summed E-state index contributed by atoms with van der Waals surface area (Å²) in [5, 5.41) is 0.963. The molecule has 6 heteroatoms. The zero-order valence-electron chi connectivity index (χ0n) is 15.9. The van der Waals surface area contributed by atoms with Gasteiger partial charge in [-0.3, -0.25) is 4.90 Å². The highest BCUT2D eigenvalue weighted by Crippen LogP contribution is 2.42. The highest BCUT2D eigenvalue weighted by Gasteiger charge is 2.28. The number of furan rings is 1. The topological polar surface area (TPSA) is 68.2 Å². The van der Waals surface area contributed by atoms with Crippen LogP contribution in [0.15, 0.2) is 22.6 Å². The van der Waals surface area contributed by atoms with Crippen molar-refractivity contribution in [2.75, 3.05) is 5.73 Å². The Hall–Kier alpha value is -1.92. The average Bonchev–Trinajstić information content (AvgIpc) is 3.22. The first-order valence-corrected chi connectivity index (χ1v) is 10.8. The molecule has 1 saturated carbocycles. The molecule has 5 rings (SSSR count). The highest BCUT2D eigenvalue weighted by atomic mass is 32.1. The Kier molecular flexibility index (Phi) is 4.20. The van der Waals surface area contributed by atoms with Crippen LogP contribution in [-0.4, -0.2) is 27.0 Å². The van der Waals surface area contributed by atoms with Crippen LogP contribution < -0.4 is 5.73 Å². The number of nitrogens with zero attached hydrogens (tertiary/aromatic N) is 3. The van der Waals surface area contributed by atoms with E-state index in [0.717, 1.165) is 28.3 Å². The van der Waals surface area contributed by atoms with Crippen molar-refractivity contribution in [1.29, 1.82) is 0 Å². The Labute approximate surface area is 163 Å². The largest absolute Gasteiger partial charge is 0.457 e. The highest BCUT2D eigenvalue weighted by molar-refractivity contribution is 7.18. The zero-order chi connectivity index (χ0) is 18.5. The van der Waals surface area contributed by atoms with Crippen molar-refractivity contribution in [3.05, 3.63) is 28.8 Å². The van der Waals surface area contributed by atoms with E-state index in [-0.39, 0.29) is 0 Å². The molecule has 2 aliphatic rings. The molecule has 2 N–H and O–H groups in total. The van der Waals surface area contributed by atoms with Gasteiger partial charge in [-0.1, -0.05) is 6.42 Å². The summed E-state index contributed by atoms with van der Waals surface area (Å²) < 4.78 is 5.97. The maximum absolute atomic E-state index is 6.27. The fourth-order valence-corrected chi connectivity index (χ4v) is 5.25. The van der Waals surface area contributed by atoms with E-state index in [2.05, 4.69) is 35.9 Å². The van der Waals surface area contributed by atoms with E-state index in [0.29, 0.717) is 29.6 Å². The number of hydrogen-bond acceptors (Lipinski definition) is 6. The van der Waals surface area contributed by atoms with Gasteiger partial charge in [0.2, 0.25) is 0 Å². The van der Waals surface area contributed by atoms with E-state index in [9.17, 15) is 0 Å². The van der Waals surface area contributed by atoms with Crippen LogP contribution in [-0.2, 0) is 6.54 Å². The van der Waals surface area contributed by atoms with Crippen LogP contribution in [0.2, 0.25) is 0 Å². The first-order valence-electron chi connectivity index (χ1n) is 10.0. The summed E-state index contributed by atoms with van der Waals surface area (Å²) >= 11 is 1.73. The molecule has 0 bridgehead atoms. The summed E-state index contributed by atoms with van der Waals surface area (Å²) in [6.45, 7) is 5.64. The molecule has 2 atom stereocenters.